The average Bonchev–Trinajstić information content (AvgIpc) is 2.59. The van der Waals surface area contributed by atoms with Crippen LogP contribution >= 0.6 is 0 Å². The van der Waals surface area contributed by atoms with Crippen LogP contribution < -0.4 is 5.56 Å². The van der Waals surface area contributed by atoms with Crippen molar-refractivity contribution in [2.24, 2.45) is 4.99 Å². The van der Waals surface area contributed by atoms with Gasteiger partial charge in [0.05, 0.1) is 11.3 Å². The first kappa shape index (κ1) is 10.1. The highest BCUT2D eigenvalue weighted by molar-refractivity contribution is 5.52. The molecule has 0 bridgehead atoms. The number of isocyanates is 1. The van der Waals surface area contributed by atoms with Gasteiger partial charge in [0.1, 0.15) is 0 Å². The normalized spacial score (nSPS) is 9.81. The molecular formula is C11H9N3O2. The highest BCUT2D eigenvalue weighted by atomic mass is 16.1. The average molecular weight is 215 g/mol. The van der Waals surface area contributed by atoms with Gasteiger partial charge in [-0.2, -0.15) is 0 Å². The monoisotopic (exact) mass is 215 g/mol. The van der Waals surface area contributed by atoms with Gasteiger partial charge in [0.25, 0.3) is 5.56 Å². The Kier molecular flexibility index (Phi) is 2.54. The number of hydrogen-bond donors (Lipinski definition) is 1. The Morgan fingerprint density at radius 3 is 2.62 bits per heavy atom. The minimum Gasteiger partial charge on any atom is -0.268 e. The zero-order chi connectivity index (χ0) is 11.5. The van der Waals surface area contributed by atoms with Crippen molar-refractivity contribution >= 4 is 11.9 Å². The highest BCUT2D eigenvalue weighted by Crippen LogP contribution is 2.18. The zero-order valence-electron chi connectivity index (χ0n) is 8.60. The molecule has 0 amide bonds. The van der Waals surface area contributed by atoms with E-state index in [4.69, 9.17) is 0 Å². The molecule has 0 atom stereocenters. The van der Waals surface area contributed by atoms with E-state index < -0.39 is 0 Å². The largest absolute Gasteiger partial charge is 0.269 e. The third-order valence-electron chi connectivity index (χ3n) is 2.27. The standard InChI is InChI=1S/C11H9N3O2/c1-8-10(12-7-15)14(13-11(8)16)9-5-3-2-4-6-9/h2-6H,1H3,(H,13,16). The Hall–Kier alpha value is -2.39. The van der Waals surface area contributed by atoms with Gasteiger partial charge in [-0.05, 0) is 19.1 Å². The van der Waals surface area contributed by atoms with Gasteiger partial charge in [0, 0.05) is 0 Å². The topological polar surface area (TPSA) is 67.2 Å². The second-order valence-electron chi connectivity index (χ2n) is 3.26. The van der Waals surface area contributed by atoms with Crippen LogP contribution in [0.5, 0.6) is 0 Å². The molecule has 2 aromatic rings. The molecule has 1 N–H and O–H groups in total. The number of benzene rings is 1. The summed E-state index contributed by atoms with van der Waals surface area (Å²) in [6, 6.07) is 9.13. The van der Waals surface area contributed by atoms with Crippen LogP contribution in [0.1, 0.15) is 5.56 Å². The first-order valence-electron chi connectivity index (χ1n) is 4.69. The van der Waals surface area contributed by atoms with E-state index in [1.54, 1.807) is 19.1 Å². The molecule has 0 saturated carbocycles. The number of para-hydroxylation sites is 1. The van der Waals surface area contributed by atoms with Gasteiger partial charge in [-0.3, -0.25) is 9.89 Å². The summed E-state index contributed by atoms with van der Waals surface area (Å²) >= 11 is 0. The SMILES string of the molecule is Cc1c(N=C=O)n(-c2ccccc2)[nH]c1=O. The molecular weight excluding hydrogens is 206 g/mol. The van der Waals surface area contributed by atoms with Gasteiger partial charge in [0.15, 0.2) is 5.82 Å². The number of nitrogens with zero attached hydrogens (tertiary/aromatic N) is 2. The molecule has 5 nitrogen and oxygen atoms in total. The molecule has 0 spiro atoms. The predicted octanol–water partition coefficient (Wildman–Crippen LogP) is 1.44. The molecule has 0 aliphatic rings. The molecule has 1 aromatic carbocycles. The van der Waals surface area contributed by atoms with Crippen molar-refractivity contribution in [1.29, 1.82) is 0 Å². The van der Waals surface area contributed by atoms with Gasteiger partial charge in [-0.25, -0.2) is 9.48 Å². The van der Waals surface area contributed by atoms with E-state index >= 15 is 0 Å². The summed E-state index contributed by atoms with van der Waals surface area (Å²) in [5.74, 6) is 0.284. The van der Waals surface area contributed by atoms with E-state index in [1.807, 2.05) is 18.2 Å². The molecule has 0 aliphatic carbocycles. The Bertz CT molecular complexity index is 604. The van der Waals surface area contributed by atoms with Crippen LogP contribution in [0.2, 0.25) is 0 Å². The van der Waals surface area contributed by atoms with E-state index in [-0.39, 0.29) is 11.4 Å². The molecule has 1 heterocycles. The molecule has 0 radical (unpaired) electrons. The summed E-state index contributed by atoms with van der Waals surface area (Å²) in [5, 5.41) is 2.60. The molecule has 80 valence electrons. The van der Waals surface area contributed by atoms with Gasteiger partial charge in [-0.15, -0.1) is 4.99 Å². The highest BCUT2D eigenvalue weighted by Gasteiger charge is 2.10. The summed E-state index contributed by atoms with van der Waals surface area (Å²) < 4.78 is 1.46. The van der Waals surface area contributed by atoms with Crippen molar-refractivity contribution in [3.8, 4) is 5.69 Å². The van der Waals surface area contributed by atoms with Crippen LogP contribution in [0.3, 0.4) is 0 Å². The van der Waals surface area contributed by atoms with E-state index in [2.05, 4.69) is 10.1 Å². The lowest BCUT2D eigenvalue weighted by molar-refractivity contribution is 0.565. The van der Waals surface area contributed by atoms with E-state index in [0.717, 1.165) is 5.69 Å². The number of aliphatic imine (C=N–C) groups is 1. The first-order valence-corrected chi connectivity index (χ1v) is 4.69. The van der Waals surface area contributed by atoms with E-state index in [9.17, 15) is 9.59 Å². The van der Waals surface area contributed by atoms with E-state index in [1.165, 1.54) is 10.8 Å². The van der Waals surface area contributed by atoms with Crippen molar-refractivity contribution in [1.82, 2.24) is 9.78 Å². The second kappa shape index (κ2) is 4.00. The summed E-state index contributed by atoms with van der Waals surface area (Å²) in [6.45, 7) is 1.61. The smallest absolute Gasteiger partial charge is 0.268 e. The van der Waals surface area contributed by atoms with Crippen molar-refractivity contribution in [2.45, 2.75) is 6.92 Å². The number of H-pyrrole nitrogens is 1. The van der Waals surface area contributed by atoms with E-state index in [0.29, 0.717) is 5.56 Å². The van der Waals surface area contributed by atoms with Crippen molar-refractivity contribution in [3.63, 3.8) is 0 Å². The minimum atomic E-state index is -0.266. The molecule has 5 heteroatoms. The van der Waals surface area contributed by atoms with Crippen LogP contribution in [0.15, 0.2) is 40.1 Å². The maximum absolute atomic E-state index is 11.4. The fraction of sp³-hybridized carbons (Fsp3) is 0.0909. The second-order valence-corrected chi connectivity index (χ2v) is 3.26. The lowest BCUT2D eigenvalue weighted by Crippen LogP contribution is -2.04. The van der Waals surface area contributed by atoms with Crippen LogP contribution in [0.25, 0.3) is 5.69 Å². The number of aromatic amines is 1. The maximum Gasteiger partial charge on any atom is 0.269 e. The van der Waals surface area contributed by atoms with Crippen LogP contribution in [-0.2, 0) is 4.79 Å². The lowest BCUT2D eigenvalue weighted by Gasteiger charge is -2.03. The first-order chi connectivity index (χ1) is 7.74. The fourth-order valence-corrected chi connectivity index (χ4v) is 1.45. The number of hydrogen-bond acceptors (Lipinski definition) is 3. The fourth-order valence-electron chi connectivity index (χ4n) is 1.45. The summed E-state index contributed by atoms with van der Waals surface area (Å²) in [7, 11) is 0. The molecule has 0 saturated heterocycles. The van der Waals surface area contributed by atoms with Crippen molar-refractivity contribution < 1.29 is 4.79 Å². The lowest BCUT2D eigenvalue weighted by atomic mass is 10.3. The summed E-state index contributed by atoms with van der Waals surface area (Å²) in [6.07, 6.45) is 1.44. The zero-order valence-corrected chi connectivity index (χ0v) is 8.60. The molecule has 16 heavy (non-hydrogen) atoms. The third-order valence-corrected chi connectivity index (χ3v) is 2.27. The van der Waals surface area contributed by atoms with Crippen LogP contribution in [0, 0.1) is 6.92 Å². The van der Waals surface area contributed by atoms with Crippen molar-refractivity contribution in [2.75, 3.05) is 0 Å². The number of aromatic nitrogens is 2. The van der Waals surface area contributed by atoms with Gasteiger partial charge >= 0.3 is 0 Å². The molecule has 0 fully saturated rings. The molecule has 1 aromatic heterocycles. The van der Waals surface area contributed by atoms with Crippen LogP contribution in [-0.4, -0.2) is 15.9 Å². The third kappa shape index (κ3) is 1.60. The van der Waals surface area contributed by atoms with Gasteiger partial charge in [-0.1, -0.05) is 18.2 Å². The summed E-state index contributed by atoms with van der Waals surface area (Å²) in [5.41, 5.74) is 0.867. The molecule has 0 aliphatic heterocycles. The predicted molar refractivity (Wildman–Crippen MR) is 58.9 cm³/mol. The Balaban J connectivity index is 2.71. The Labute approximate surface area is 91.0 Å². The van der Waals surface area contributed by atoms with Gasteiger partial charge < -0.3 is 0 Å². The quantitative estimate of drug-likeness (QED) is 0.608. The molecule has 0 unspecified atom stereocenters. The maximum atomic E-state index is 11.4. The molecule has 2 rings (SSSR count). The van der Waals surface area contributed by atoms with Crippen LogP contribution in [0.4, 0.5) is 5.82 Å². The van der Waals surface area contributed by atoms with Crippen molar-refractivity contribution in [3.05, 3.63) is 46.2 Å². The number of nitrogens with one attached hydrogen (secondary N) is 1. The number of rotatable bonds is 2. The summed E-state index contributed by atoms with van der Waals surface area (Å²) in [4.78, 5) is 25.3. The Morgan fingerprint density at radius 1 is 1.31 bits per heavy atom. The number of carbonyl (C=O) groups excluding carboxylic acids is 1. The Morgan fingerprint density at radius 2 is 2.00 bits per heavy atom. The van der Waals surface area contributed by atoms with Gasteiger partial charge in [0.2, 0.25) is 6.08 Å². The minimum absolute atomic E-state index is 0.266.